The van der Waals surface area contributed by atoms with Gasteiger partial charge in [0.2, 0.25) is 0 Å². The van der Waals surface area contributed by atoms with E-state index in [1.54, 1.807) is 6.08 Å². The largest absolute Gasteiger partial charge is 0.384 e. The lowest BCUT2D eigenvalue weighted by Crippen LogP contribution is -2.14. The number of benzene rings is 1. The summed E-state index contributed by atoms with van der Waals surface area (Å²) in [6, 6.07) is 7.76. The number of amidine groups is 1. The highest BCUT2D eigenvalue weighted by Crippen LogP contribution is 2.12. The van der Waals surface area contributed by atoms with E-state index in [2.05, 4.69) is 0 Å². The molecule has 1 aromatic rings. The van der Waals surface area contributed by atoms with Crippen molar-refractivity contribution >= 4 is 11.5 Å². The van der Waals surface area contributed by atoms with Gasteiger partial charge in [0.05, 0.1) is 5.71 Å². The molecule has 0 radical (unpaired) electrons. The van der Waals surface area contributed by atoms with Gasteiger partial charge in [-0.15, -0.1) is 0 Å². The minimum Gasteiger partial charge on any atom is -0.384 e. The summed E-state index contributed by atoms with van der Waals surface area (Å²) in [5.41, 5.74) is 8.61. The number of allylic oxidation sites excluding steroid dienone is 1. The number of nitrogens with two attached hydrogens (primary N) is 1. The molecule has 0 aromatic heterocycles. The Bertz CT molecular complexity index is 458. The molecule has 0 spiro atoms. The zero-order valence-electron chi connectivity index (χ0n) is 10.4. The van der Waals surface area contributed by atoms with Gasteiger partial charge in [0.1, 0.15) is 5.84 Å². The van der Waals surface area contributed by atoms with Gasteiger partial charge in [-0.2, -0.15) is 0 Å². The van der Waals surface area contributed by atoms with Crippen molar-refractivity contribution in [2.45, 2.75) is 26.7 Å². The highest BCUT2D eigenvalue weighted by atomic mass is 14.7. The van der Waals surface area contributed by atoms with Crippen LogP contribution in [0.2, 0.25) is 0 Å². The summed E-state index contributed by atoms with van der Waals surface area (Å²) < 4.78 is 0. The molecule has 0 aliphatic rings. The minimum atomic E-state index is 0.0604. The zero-order valence-corrected chi connectivity index (χ0v) is 10.4. The van der Waals surface area contributed by atoms with E-state index < -0.39 is 0 Å². The molecule has 0 aliphatic heterocycles. The molecule has 4 N–H and O–H groups in total. The molecule has 0 saturated heterocycles. The average Bonchev–Trinajstić information content (AvgIpc) is 2.28. The van der Waals surface area contributed by atoms with Crippen LogP contribution in [0.25, 0.3) is 0 Å². The second-order valence-corrected chi connectivity index (χ2v) is 4.06. The second kappa shape index (κ2) is 5.99. The fraction of sp³-hybridized carbons (Fsp3) is 0.286. The molecule has 17 heavy (non-hydrogen) atoms. The smallest absolute Gasteiger partial charge is 0.118 e. The van der Waals surface area contributed by atoms with Crippen LogP contribution in [-0.4, -0.2) is 11.5 Å². The molecule has 0 aliphatic carbocycles. The first-order valence-corrected chi connectivity index (χ1v) is 5.75. The van der Waals surface area contributed by atoms with Gasteiger partial charge < -0.3 is 11.1 Å². The van der Waals surface area contributed by atoms with Gasteiger partial charge in [-0.3, -0.25) is 5.41 Å². The van der Waals surface area contributed by atoms with Crippen molar-refractivity contribution in [3.63, 3.8) is 0 Å². The molecular weight excluding hydrogens is 210 g/mol. The van der Waals surface area contributed by atoms with Crippen molar-refractivity contribution in [2.24, 2.45) is 5.73 Å². The van der Waals surface area contributed by atoms with E-state index in [1.807, 2.05) is 38.1 Å². The quantitative estimate of drug-likeness (QED) is 0.527. The molecule has 0 bridgehead atoms. The van der Waals surface area contributed by atoms with E-state index in [-0.39, 0.29) is 5.84 Å². The Morgan fingerprint density at radius 1 is 1.29 bits per heavy atom. The summed E-state index contributed by atoms with van der Waals surface area (Å²) in [7, 11) is 0. The molecule has 0 unspecified atom stereocenters. The first-order chi connectivity index (χ1) is 8.06. The van der Waals surface area contributed by atoms with Crippen LogP contribution in [0.5, 0.6) is 0 Å². The third kappa shape index (κ3) is 3.55. The molecule has 3 heteroatoms. The highest BCUT2D eigenvalue weighted by Gasteiger charge is 2.05. The molecule has 0 amide bonds. The third-order valence-corrected chi connectivity index (χ3v) is 2.62. The number of aryl methyl sites for hydroxylation is 1. The predicted octanol–water partition coefficient (Wildman–Crippen LogP) is 3.03. The second-order valence-electron chi connectivity index (χ2n) is 4.06. The van der Waals surface area contributed by atoms with Crippen LogP contribution in [0.15, 0.2) is 35.9 Å². The first kappa shape index (κ1) is 13.2. The monoisotopic (exact) mass is 229 g/mol. The Morgan fingerprint density at radius 3 is 2.47 bits per heavy atom. The fourth-order valence-corrected chi connectivity index (χ4v) is 1.68. The highest BCUT2D eigenvalue weighted by molar-refractivity contribution is 6.11. The molecule has 1 aromatic carbocycles. The molecule has 3 nitrogen and oxygen atoms in total. The molecule has 0 atom stereocenters. The van der Waals surface area contributed by atoms with Crippen LogP contribution in [-0.2, 0) is 0 Å². The Morgan fingerprint density at radius 2 is 1.94 bits per heavy atom. The third-order valence-electron chi connectivity index (χ3n) is 2.62. The van der Waals surface area contributed by atoms with Gasteiger partial charge in [0.15, 0.2) is 0 Å². The number of hydrogen-bond acceptors (Lipinski definition) is 2. The lowest BCUT2D eigenvalue weighted by molar-refractivity contribution is 0.932. The van der Waals surface area contributed by atoms with E-state index >= 15 is 0 Å². The summed E-state index contributed by atoms with van der Waals surface area (Å²) in [4.78, 5) is 0. The van der Waals surface area contributed by atoms with Crippen LogP contribution < -0.4 is 5.73 Å². The summed E-state index contributed by atoms with van der Waals surface area (Å²) in [6.45, 7) is 4.01. The van der Waals surface area contributed by atoms with Gasteiger partial charge in [0, 0.05) is 5.56 Å². The summed E-state index contributed by atoms with van der Waals surface area (Å²) >= 11 is 0. The Labute approximate surface area is 102 Å². The van der Waals surface area contributed by atoms with E-state index in [4.69, 9.17) is 16.6 Å². The van der Waals surface area contributed by atoms with E-state index in [1.165, 1.54) is 0 Å². The number of nitrogens with one attached hydrogen (secondary N) is 2. The summed E-state index contributed by atoms with van der Waals surface area (Å²) in [5.74, 6) is 0.0604. The van der Waals surface area contributed by atoms with Crippen LogP contribution >= 0.6 is 0 Å². The van der Waals surface area contributed by atoms with Crippen molar-refractivity contribution in [1.29, 1.82) is 10.8 Å². The van der Waals surface area contributed by atoms with Crippen LogP contribution in [0.3, 0.4) is 0 Å². The minimum absolute atomic E-state index is 0.0604. The summed E-state index contributed by atoms with van der Waals surface area (Å²) in [5, 5.41) is 15.5. The average molecular weight is 229 g/mol. The van der Waals surface area contributed by atoms with Gasteiger partial charge in [0.25, 0.3) is 0 Å². The van der Waals surface area contributed by atoms with Crippen LogP contribution in [0, 0.1) is 17.7 Å². The van der Waals surface area contributed by atoms with E-state index in [0.29, 0.717) is 5.71 Å². The molecule has 1 rings (SSSR count). The molecule has 0 heterocycles. The van der Waals surface area contributed by atoms with Crippen molar-refractivity contribution in [1.82, 2.24) is 0 Å². The Kier molecular flexibility index (Phi) is 4.64. The van der Waals surface area contributed by atoms with Crippen molar-refractivity contribution in [3.05, 3.63) is 47.0 Å². The standard InChI is InChI=1S/C14H19N3/c1-3-6-11(14(16)17)9-13(15)12-8-5-4-7-10(12)2/h4-5,7-9,15H,3,6H2,1-2H3,(H3,16,17)/b11-9-,15-13?. The van der Waals surface area contributed by atoms with Crippen LogP contribution in [0.4, 0.5) is 0 Å². The fourth-order valence-electron chi connectivity index (χ4n) is 1.68. The molecule has 90 valence electrons. The first-order valence-electron chi connectivity index (χ1n) is 5.75. The molecular formula is C14H19N3. The lowest BCUT2D eigenvalue weighted by atomic mass is 10.0. The Hall–Kier alpha value is -1.90. The van der Waals surface area contributed by atoms with Crippen molar-refractivity contribution in [3.8, 4) is 0 Å². The van der Waals surface area contributed by atoms with Gasteiger partial charge in [-0.25, -0.2) is 0 Å². The van der Waals surface area contributed by atoms with Crippen LogP contribution in [0.1, 0.15) is 30.9 Å². The maximum atomic E-state index is 8.04. The van der Waals surface area contributed by atoms with E-state index in [0.717, 1.165) is 29.5 Å². The van der Waals surface area contributed by atoms with Gasteiger partial charge in [-0.05, 0) is 30.6 Å². The SMILES string of the molecule is CCC/C(=C/C(=N)c1ccccc1C)C(=N)N. The maximum absolute atomic E-state index is 8.04. The number of rotatable bonds is 5. The normalized spacial score (nSPS) is 11.3. The van der Waals surface area contributed by atoms with E-state index in [9.17, 15) is 0 Å². The summed E-state index contributed by atoms with van der Waals surface area (Å²) in [6.07, 6.45) is 3.37. The lowest BCUT2D eigenvalue weighted by Gasteiger charge is -2.07. The Balaban J connectivity index is 3.01. The maximum Gasteiger partial charge on any atom is 0.118 e. The molecule has 0 fully saturated rings. The van der Waals surface area contributed by atoms with Crippen molar-refractivity contribution in [2.75, 3.05) is 0 Å². The zero-order chi connectivity index (χ0) is 12.8. The van der Waals surface area contributed by atoms with Gasteiger partial charge >= 0.3 is 0 Å². The van der Waals surface area contributed by atoms with Crippen molar-refractivity contribution < 1.29 is 0 Å². The van der Waals surface area contributed by atoms with Gasteiger partial charge in [-0.1, -0.05) is 37.6 Å². The number of hydrogen-bond donors (Lipinski definition) is 3. The topological polar surface area (TPSA) is 73.7 Å². The molecule has 0 saturated carbocycles. The predicted molar refractivity (Wildman–Crippen MR) is 72.9 cm³/mol.